The molecule has 4 heterocycles. The third-order valence-corrected chi connectivity index (χ3v) is 14.9. The number of hydrogen-bond donors (Lipinski definition) is 0. The number of imidazole rings is 1. The molecule has 0 unspecified atom stereocenters. The van der Waals surface area contributed by atoms with Gasteiger partial charge < -0.3 is 0 Å². The van der Waals surface area contributed by atoms with Gasteiger partial charge in [0, 0.05) is 0 Å². The zero-order valence-electron chi connectivity index (χ0n) is 29.5. The third-order valence-electron chi connectivity index (χ3n) is 11.8. The molecule has 0 saturated carbocycles. The van der Waals surface area contributed by atoms with Crippen molar-refractivity contribution in [1.82, 2.24) is 8.80 Å². The molecule has 3 heteroatoms. The molecule has 12 rings (SSSR count). The summed E-state index contributed by atoms with van der Waals surface area (Å²) >= 11 is -0.127. The quantitative estimate of drug-likeness (QED) is 0.148. The van der Waals surface area contributed by atoms with Crippen LogP contribution in [0.2, 0.25) is 0 Å². The van der Waals surface area contributed by atoms with Crippen molar-refractivity contribution in [2.45, 2.75) is 18.8 Å². The van der Waals surface area contributed by atoms with E-state index in [1.54, 1.807) is 7.14 Å². The molecule has 2 nitrogen and oxygen atoms in total. The van der Waals surface area contributed by atoms with Crippen molar-refractivity contribution in [3.8, 4) is 22.3 Å². The van der Waals surface area contributed by atoms with E-state index >= 15 is 0 Å². The Kier molecular flexibility index (Phi) is 6.67. The predicted molar refractivity (Wildman–Crippen MR) is 221 cm³/mol. The molecule has 0 amide bonds. The average molecular weight is 802 g/mol. The van der Waals surface area contributed by atoms with E-state index in [0.717, 1.165) is 12.8 Å². The van der Waals surface area contributed by atoms with Gasteiger partial charge in [0.1, 0.15) is 0 Å². The molecule has 0 fully saturated rings. The fraction of sp³-hybridized carbons (Fsp3) is 0.0588. The Labute approximate surface area is 323 Å². The molecule has 0 spiro atoms. The van der Waals surface area contributed by atoms with E-state index in [9.17, 15) is 0 Å². The van der Waals surface area contributed by atoms with Crippen molar-refractivity contribution in [2.24, 2.45) is 0 Å². The Hall–Kier alpha value is -5.91. The molecule has 1 aliphatic heterocycles. The molecular formula is C51H34IN2-. The maximum atomic E-state index is 2.52. The van der Waals surface area contributed by atoms with Gasteiger partial charge in [-0.05, 0) is 16.8 Å². The minimum atomic E-state index is -0.127. The second-order valence-corrected chi connectivity index (χ2v) is 17.7. The number of para-hydroxylation sites is 3. The van der Waals surface area contributed by atoms with Gasteiger partial charge in [0.15, 0.2) is 0 Å². The Morgan fingerprint density at radius 1 is 0.426 bits per heavy atom. The fourth-order valence-electron chi connectivity index (χ4n) is 9.50. The summed E-state index contributed by atoms with van der Waals surface area (Å²) in [7, 11) is 0. The van der Waals surface area contributed by atoms with Crippen molar-refractivity contribution >= 4 is 54.6 Å². The molecule has 0 saturated heterocycles. The molecule has 1 atom stereocenters. The molecular weight excluding hydrogens is 767 g/mol. The van der Waals surface area contributed by atoms with Gasteiger partial charge in [-0.3, -0.25) is 0 Å². The van der Waals surface area contributed by atoms with Gasteiger partial charge in [-0.15, -0.1) is 0 Å². The topological polar surface area (TPSA) is 8.82 Å². The second-order valence-electron chi connectivity index (χ2n) is 14.8. The number of halogens is 1. The summed E-state index contributed by atoms with van der Waals surface area (Å²) in [6.45, 7) is 0. The molecule has 0 radical (unpaired) electrons. The first-order chi connectivity index (χ1) is 26.8. The van der Waals surface area contributed by atoms with E-state index < -0.39 is 0 Å². The summed E-state index contributed by atoms with van der Waals surface area (Å²) in [6, 6.07) is 66.1. The molecule has 11 aromatic rings. The van der Waals surface area contributed by atoms with Crippen LogP contribution in [0.3, 0.4) is 0 Å². The summed E-state index contributed by atoms with van der Waals surface area (Å²) in [4.78, 5) is 0. The van der Waals surface area contributed by atoms with Gasteiger partial charge in [-0.25, -0.2) is 0 Å². The maximum absolute atomic E-state index is 2.52. The molecule has 1 aliphatic rings. The predicted octanol–water partition coefficient (Wildman–Crippen LogP) is 9.59. The van der Waals surface area contributed by atoms with E-state index in [1.165, 1.54) is 93.6 Å². The van der Waals surface area contributed by atoms with Crippen LogP contribution in [-0.4, -0.2) is 8.80 Å². The molecule has 3 aromatic heterocycles. The number of benzene rings is 8. The fourth-order valence-corrected chi connectivity index (χ4v) is 12.4. The minimum absolute atomic E-state index is 0.127. The van der Waals surface area contributed by atoms with E-state index in [0.29, 0.717) is 0 Å². The molecule has 8 aromatic carbocycles. The molecule has 0 aliphatic carbocycles. The van der Waals surface area contributed by atoms with E-state index in [-0.39, 0.29) is 27.1 Å². The first-order valence-corrected chi connectivity index (χ1v) is 21.0. The summed E-state index contributed by atoms with van der Waals surface area (Å²) < 4.78 is 8.11. The van der Waals surface area contributed by atoms with Crippen molar-refractivity contribution in [3.05, 3.63) is 200 Å². The van der Waals surface area contributed by atoms with Crippen LogP contribution in [0.5, 0.6) is 0 Å². The number of rotatable bonds is 6. The zero-order valence-corrected chi connectivity index (χ0v) is 31.7. The van der Waals surface area contributed by atoms with Crippen molar-refractivity contribution in [1.29, 1.82) is 0 Å². The van der Waals surface area contributed by atoms with Crippen LogP contribution in [0.25, 0.3) is 76.9 Å². The molecule has 0 bridgehead atoms. The van der Waals surface area contributed by atoms with Gasteiger partial charge in [0.2, 0.25) is 0 Å². The number of aromatic nitrogens is 2. The van der Waals surface area contributed by atoms with Crippen molar-refractivity contribution in [2.75, 3.05) is 0 Å². The van der Waals surface area contributed by atoms with E-state index in [4.69, 9.17) is 0 Å². The van der Waals surface area contributed by atoms with Gasteiger partial charge in [0.25, 0.3) is 0 Å². The van der Waals surface area contributed by atoms with Crippen molar-refractivity contribution in [3.63, 3.8) is 0 Å². The normalized spacial score (nSPS) is 13.3. The summed E-state index contributed by atoms with van der Waals surface area (Å²) in [5.74, 6) is 0.275. The van der Waals surface area contributed by atoms with Gasteiger partial charge >= 0.3 is 248 Å². The first kappa shape index (κ1) is 30.5. The monoisotopic (exact) mass is 801 g/mol. The van der Waals surface area contributed by atoms with Gasteiger partial charge in [-0.1, -0.05) is 60.7 Å². The van der Waals surface area contributed by atoms with Crippen LogP contribution in [0, 0.1) is 7.14 Å². The van der Waals surface area contributed by atoms with Crippen molar-refractivity contribution < 1.29 is 21.2 Å². The molecule has 54 heavy (non-hydrogen) atoms. The van der Waals surface area contributed by atoms with Crippen LogP contribution in [0.15, 0.2) is 176 Å². The first-order valence-electron chi connectivity index (χ1n) is 18.9. The van der Waals surface area contributed by atoms with Crippen LogP contribution in [-0.2, 0) is 12.8 Å². The van der Waals surface area contributed by atoms with Crippen LogP contribution < -0.4 is 21.2 Å². The average Bonchev–Trinajstić information content (AvgIpc) is 3.96. The van der Waals surface area contributed by atoms with E-state index in [1.807, 2.05) is 0 Å². The second kappa shape index (κ2) is 11.8. The van der Waals surface area contributed by atoms with Crippen LogP contribution in [0.4, 0.5) is 0 Å². The Morgan fingerprint density at radius 2 is 1.04 bits per heavy atom. The Bertz CT molecular complexity index is 3240. The van der Waals surface area contributed by atoms with Gasteiger partial charge in [-0.2, -0.15) is 0 Å². The SMILES string of the molecule is c1ccc2c(c1)[I-]c1ccc(C[C@H](Cc3ccc(-c4cccc5ccccc45)cc3)c3cccc4c3c3c5ccccc5n5c6ccccc6n4c35)cc1-2. The van der Waals surface area contributed by atoms with E-state index in [2.05, 4.69) is 185 Å². The Balaban J connectivity index is 1.04. The van der Waals surface area contributed by atoms with Crippen LogP contribution >= 0.6 is 0 Å². The third kappa shape index (κ3) is 4.45. The number of nitrogens with zero attached hydrogens (tertiary/aromatic N) is 2. The standard InChI is InChI=1S/C51H34IN2/c1-2-13-37-34(11-1)12-9-16-38(37)35-26-23-32(24-27-35)29-36(30-33-25-28-44-42(31-33)40-14-3-5-18-43(40)52-44)39-17-10-22-48-49(39)50-41-15-4-6-19-45(41)53-46-20-7-8-21-47(46)54(48)51(50)53/h1-28,31,36H,29-30H2/q-1/t36-/m0/s1. The Morgan fingerprint density at radius 3 is 1.91 bits per heavy atom. The molecule has 256 valence electrons. The summed E-state index contributed by atoms with van der Waals surface area (Å²) in [6.07, 6.45) is 1.93. The number of hydrogen-bond acceptors (Lipinski definition) is 0. The van der Waals surface area contributed by atoms with Gasteiger partial charge in [0.05, 0.1) is 0 Å². The molecule has 0 N–H and O–H groups in total. The summed E-state index contributed by atoms with van der Waals surface area (Å²) in [5, 5.41) is 6.67. The summed E-state index contributed by atoms with van der Waals surface area (Å²) in [5.41, 5.74) is 16.1. The van der Waals surface area contributed by atoms with Crippen LogP contribution in [0.1, 0.15) is 22.6 Å². The zero-order chi connectivity index (χ0) is 35.3. The number of fused-ring (bicyclic) bond motifs is 13.